The molecule has 0 saturated heterocycles. The van der Waals surface area contributed by atoms with Crippen LogP contribution in [0.25, 0.3) is 0 Å². The van der Waals surface area contributed by atoms with E-state index in [1.165, 1.54) is 0 Å². The van der Waals surface area contributed by atoms with Crippen LogP contribution in [0.3, 0.4) is 0 Å². The molecule has 1 aliphatic carbocycles. The first-order valence-corrected chi connectivity index (χ1v) is 6.06. The smallest absolute Gasteiger partial charge is 0.339 e. The Morgan fingerprint density at radius 2 is 2.25 bits per heavy atom. The van der Waals surface area contributed by atoms with Gasteiger partial charge in [-0.15, -0.1) is 0 Å². The number of carboxylic acid groups (broad SMARTS) is 1. The normalized spacial score (nSPS) is 23.8. The minimum absolute atomic E-state index is 0.0769. The van der Waals surface area contributed by atoms with Gasteiger partial charge in [-0.3, -0.25) is 10.1 Å². The maximum absolute atomic E-state index is 11.2. The van der Waals surface area contributed by atoms with Crippen LogP contribution in [-0.4, -0.2) is 38.2 Å². The molecule has 0 radical (unpaired) electrons. The summed E-state index contributed by atoms with van der Waals surface area (Å²) >= 11 is 0. The van der Waals surface area contributed by atoms with Gasteiger partial charge < -0.3 is 15.5 Å². The van der Waals surface area contributed by atoms with E-state index in [1.54, 1.807) is 0 Å². The van der Waals surface area contributed by atoms with Crippen molar-refractivity contribution in [3.8, 4) is 0 Å². The summed E-state index contributed by atoms with van der Waals surface area (Å²) in [5, 5.41) is 32.3. The van der Waals surface area contributed by atoms with Gasteiger partial charge in [0.1, 0.15) is 17.6 Å². The van der Waals surface area contributed by atoms with E-state index in [0.29, 0.717) is 6.42 Å². The predicted molar refractivity (Wildman–Crippen MR) is 69.7 cm³/mol. The van der Waals surface area contributed by atoms with Crippen LogP contribution < -0.4 is 5.32 Å². The largest absolute Gasteiger partial charge is 0.478 e. The minimum atomic E-state index is -1.29. The molecular weight excluding hydrogens is 266 g/mol. The van der Waals surface area contributed by atoms with Crippen molar-refractivity contribution in [2.24, 2.45) is 5.41 Å². The van der Waals surface area contributed by atoms with Gasteiger partial charge in [0.2, 0.25) is 0 Å². The fourth-order valence-electron chi connectivity index (χ4n) is 2.14. The lowest BCUT2D eigenvalue weighted by Crippen LogP contribution is -2.57. The first-order chi connectivity index (χ1) is 9.23. The Morgan fingerprint density at radius 3 is 2.70 bits per heavy atom. The quantitative estimate of drug-likeness (QED) is 0.560. The number of nitrogens with zero attached hydrogens (tertiary/aromatic N) is 2. The summed E-state index contributed by atoms with van der Waals surface area (Å²) in [5.41, 5.74) is -1.03. The van der Waals surface area contributed by atoms with Crippen LogP contribution in [0.2, 0.25) is 0 Å². The number of aliphatic hydroxyl groups is 1. The van der Waals surface area contributed by atoms with Crippen LogP contribution in [0.15, 0.2) is 12.3 Å². The minimum Gasteiger partial charge on any atom is -0.478 e. The lowest BCUT2D eigenvalue weighted by atomic mass is 9.64. The van der Waals surface area contributed by atoms with Crippen molar-refractivity contribution < 1.29 is 19.9 Å². The number of rotatable bonds is 4. The number of nitrogens with one attached hydrogen (secondary N) is 1. The zero-order valence-corrected chi connectivity index (χ0v) is 11.0. The number of hydrogen-bond donors (Lipinski definition) is 3. The summed E-state index contributed by atoms with van der Waals surface area (Å²) in [6.07, 6.45) is 1.02. The average molecular weight is 281 g/mol. The van der Waals surface area contributed by atoms with E-state index >= 15 is 0 Å². The molecule has 1 aromatic heterocycles. The lowest BCUT2D eigenvalue weighted by Gasteiger charge is -2.49. The third-order valence-electron chi connectivity index (χ3n) is 3.84. The van der Waals surface area contributed by atoms with E-state index in [0.717, 1.165) is 12.3 Å². The number of carboxylic acids is 1. The van der Waals surface area contributed by atoms with Gasteiger partial charge in [0.15, 0.2) is 0 Å². The topological polar surface area (TPSA) is 126 Å². The first-order valence-electron chi connectivity index (χ1n) is 6.06. The molecule has 8 nitrogen and oxygen atoms in total. The van der Waals surface area contributed by atoms with Crippen LogP contribution in [0, 0.1) is 15.5 Å². The highest BCUT2D eigenvalue weighted by Crippen LogP contribution is 2.42. The summed E-state index contributed by atoms with van der Waals surface area (Å²) in [6, 6.07) is 0.837. The van der Waals surface area contributed by atoms with Crippen molar-refractivity contribution >= 4 is 17.5 Å². The van der Waals surface area contributed by atoms with Crippen molar-refractivity contribution in [2.75, 3.05) is 5.32 Å². The predicted octanol–water partition coefficient (Wildman–Crippen LogP) is 1.26. The number of carbonyl (C=O) groups is 1. The Balaban J connectivity index is 2.28. The molecule has 8 heteroatoms. The molecule has 0 spiro atoms. The third-order valence-corrected chi connectivity index (χ3v) is 3.84. The second-order valence-electron chi connectivity index (χ2n) is 5.42. The Morgan fingerprint density at radius 1 is 1.60 bits per heavy atom. The SMILES string of the molecule is CC1(C)C(O)CC1Nc1ncc([N+](=O)[O-])cc1C(=O)O. The van der Waals surface area contributed by atoms with Crippen molar-refractivity contribution in [3.63, 3.8) is 0 Å². The lowest BCUT2D eigenvalue weighted by molar-refractivity contribution is -0.385. The van der Waals surface area contributed by atoms with E-state index in [4.69, 9.17) is 5.11 Å². The molecule has 2 unspecified atom stereocenters. The molecule has 0 amide bonds. The van der Waals surface area contributed by atoms with E-state index in [2.05, 4.69) is 10.3 Å². The fraction of sp³-hybridized carbons (Fsp3) is 0.500. The van der Waals surface area contributed by atoms with Gasteiger partial charge >= 0.3 is 5.97 Å². The molecule has 1 aliphatic rings. The van der Waals surface area contributed by atoms with Crippen molar-refractivity contribution in [1.29, 1.82) is 0 Å². The van der Waals surface area contributed by atoms with E-state index in [9.17, 15) is 20.0 Å². The highest BCUT2D eigenvalue weighted by molar-refractivity contribution is 5.93. The number of aromatic nitrogens is 1. The van der Waals surface area contributed by atoms with Gasteiger partial charge in [0.25, 0.3) is 5.69 Å². The van der Waals surface area contributed by atoms with Gasteiger partial charge in [0, 0.05) is 17.5 Å². The number of aliphatic hydroxyl groups excluding tert-OH is 1. The number of hydrogen-bond acceptors (Lipinski definition) is 6. The van der Waals surface area contributed by atoms with Crippen molar-refractivity contribution in [3.05, 3.63) is 27.9 Å². The van der Waals surface area contributed by atoms with Gasteiger partial charge in [-0.05, 0) is 6.42 Å². The van der Waals surface area contributed by atoms with Crippen LogP contribution in [0.5, 0.6) is 0 Å². The summed E-state index contributed by atoms with van der Waals surface area (Å²) in [4.78, 5) is 24.9. The van der Waals surface area contributed by atoms with Crippen LogP contribution in [-0.2, 0) is 0 Å². The zero-order chi connectivity index (χ0) is 15.1. The molecule has 1 fully saturated rings. The van der Waals surface area contributed by atoms with Crippen LogP contribution >= 0.6 is 0 Å². The van der Waals surface area contributed by atoms with E-state index in [-0.39, 0.29) is 23.1 Å². The third kappa shape index (κ3) is 2.29. The molecule has 1 aromatic rings. The summed E-state index contributed by atoms with van der Waals surface area (Å²) in [6.45, 7) is 3.70. The molecule has 0 bridgehead atoms. The number of nitro groups is 1. The van der Waals surface area contributed by atoms with E-state index < -0.39 is 22.4 Å². The molecule has 20 heavy (non-hydrogen) atoms. The second kappa shape index (κ2) is 4.71. The Labute approximate surface area is 114 Å². The monoisotopic (exact) mass is 281 g/mol. The number of pyridine rings is 1. The molecule has 3 N–H and O–H groups in total. The fourth-order valence-corrected chi connectivity index (χ4v) is 2.14. The maximum atomic E-state index is 11.2. The molecule has 108 valence electrons. The second-order valence-corrected chi connectivity index (χ2v) is 5.42. The molecule has 2 rings (SSSR count). The first kappa shape index (κ1) is 14.2. The van der Waals surface area contributed by atoms with Crippen LogP contribution in [0.1, 0.15) is 30.6 Å². The molecule has 0 aliphatic heterocycles. The average Bonchev–Trinajstić information content (AvgIpc) is 2.38. The molecule has 2 atom stereocenters. The molecule has 1 saturated carbocycles. The zero-order valence-electron chi connectivity index (χ0n) is 11.0. The maximum Gasteiger partial charge on any atom is 0.339 e. The van der Waals surface area contributed by atoms with Gasteiger partial charge in [-0.25, -0.2) is 9.78 Å². The summed E-state index contributed by atoms with van der Waals surface area (Å²) in [7, 11) is 0. The van der Waals surface area contributed by atoms with Gasteiger partial charge in [-0.1, -0.05) is 13.8 Å². The van der Waals surface area contributed by atoms with Crippen LogP contribution in [0.4, 0.5) is 11.5 Å². The molecular formula is C12H15N3O5. The summed E-state index contributed by atoms with van der Waals surface area (Å²) < 4.78 is 0. The Bertz CT molecular complexity index is 572. The van der Waals surface area contributed by atoms with Crippen molar-refractivity contribution in [1.82, 2.24) is 4.98 Å². The highest BCUT2D eigenvalue weighted by Gasteiger charge is 2.47. The van der Waals surface area contributed by atoms with Gasteiger partial charge in [0.05, 0.1) is 11.0 Å². The van der Waals surface area contributed by atoms with E-state index in [1.807, 2.05) is 13.8 Å². The van der Waals surface area contributed by atoms with Gasteiger partial charge in [-0.2, -0.15) is 0 Å². The Hall–Kier alpha value is -2.22. The number of aromatic carboxylic acids is 1. The molecule has 1 heterocycles. The molecule has 0 aromatic carbocycles. The Kier molecular flexibility index (Phi) is 3.34. The highest BCUT2D eigenvalue weighted by atomic mass is 16.6. The van der Waals surface area contributed by atoms with Crippen molar-refractivity contribution in [2.45, 2.75) is 32.4 Å². The summed E-state index contributed by atoms with van der Waals surface area (Å²) in [5.74, 6) is -1.21. The number of anilines is 1. The standard InChI is InChI=1S/C12H15N3O5/c1-12(2)8(4-9(12)16)14-10-7(11(17)18)3-6(5-13-10)15(19)20/h3,5,8-9,16H,4H2,1-2H3,(H,13,14)(H,17,18).